The van der Waals surface area contributed by atoms with E-state index in [1.807, 2.05) is 4.57 Å². The topological polar surface area (TPSA) is 85.1 Å². The third kappa shape index (κ3) is 5.34. The Bertz CT molecular complexity index is 1180. The number of ether oxygens (including phenoxy) is 1. The number of aromatic nitrogens is 4. The Hall–Kier alpha value is -2.72. The zero-order valence-electron chi connectivity index (χ0n) is 20.4. The van der Waals surface area contributed by atoms with E-state index in [4.69, 9.17) is 9.72 Å². The molecule has 0 amide bonds. The maximum atomic E-state index is 14.5. The lowest BCUT2D eigenvalue weighted by atomic mass is 9.85. The van der Waals surface area contributed by atoms with Gasteiger partial charge < -0.3 is 15.2 Å². The molecule has 36 heavy (non-hydrogen) atoms. The molecule has 10 heteroatoms. The summed E-state index contributed by atoms with van der Waals surface area (Å²) in [7, 11) is 1.70. The smallest absolute Gasteiger partial charge is 0.210 e. The van der Waals surface area contributed by atoms with E-state index in [2.05, 4.69) is 15.3 Å². The van der Waals surface area contributed by atoms with Crippen LogP contribution in [0.3, 0.4) is 0 Å². The Labute approximate surface area is 208 Å². The number of anilines is 2. The molecule has 2 aliphatic carbocycles. The summed E-state index contributed by atoms with van der Waals surface area (Å²) in [4.78, 5) is 14.0. The third-order valence-electron chi connectivity index (χ3n) is 7.60. The highest BCUT2D eigenvalue weighted by molar-refractivity contribution is 5.75. The lowest BCUT2D eigenvalue weighted by molar-refractivity contribution is 0.108. The first-order chi connectivity index (χ1) is 17.4. The molecule has 0 saturated heterocycles. The fourth-order valence-corrected chi connectivity index (χ4v) is 5.64. The molecule has 0 aliphatic heterocycles. The zero-order valence-corrected chi connectivity index (χ0v) is 20.4. The molecule has 0 atom stereocenters. The molecule has 2 aliphatic rings. The van der Waals surface area contributed by atoms with Crippen molar-refractivity contribution >= 4 is 22.8 Å². The molecule has 2 fully saturated rings. The van der Waals surface area contributed by atoms with Crippen molar-refractivity contribution in [2.24, 2.45) is 11.8 Å². The summed E-state index contributed by atoms with van der Waals surface area (Å²) < 4.78 is 49.7. The first kappa shape index (κ1) is 25.0. The molecule has 0 bridgehead atoms. The number of rotatable bonds is 7. The highest BCUT2D eigenvalue weighted by Crippen LogP contribution is 2.38. The number of methoxy groups -OCH3 is 1. The number of aliphatic hydroxyl groups excluding tert-OH is 1. The fourth-order valence-electron chi connectivity index (χ4n) is 5.64. The SMILES string of the molecule is COCC1CCC(n2c(Nc3c(F)cc(F)cc3F)nc3cnc(CC4CCC(O)CC4)nc32)CC1. The molecule has 1 aromatic carbocycles. The van der Waals surface area contributed by atoms with Crippen LogP contribution < -0.4 is 5.32 Å². The Morgan fingerprint density at radius 2 is 1.64 bits per heavy atom. The summed E-state index contributed by atoms with van der Waals surface area (Å²) >= 11 is 0. The van der Waals surface area contributed by atoms with E-state index in [1.165, 1.54) is 0 Å². The summed E-state index contributed by atoms with van der Waals surface area (Å²) in [5.74, 6) is -1.20. The highest BCUT2D eigenvalue weighted by atomic mass is 19.1. The van der Waals surface area contributed by atoms with Crippen LogP contribution in [0.2, 0.25) is 0 Å². The average molecular weight is 504 g/mol. The normalized spacial score (nSPS) is 24.8. The molecule has 0 spiro atoms. The number of hydrogen-bond donors (Lipinski definition) is 2. The van der Waals surface area contributed by atoms with Crippen LogP contribution in [0.1, 0.15) is 63.2 Å². The Morgan fingerprint density at radius 1 is 0.972 bits per heavy atom. The van der Waals surface area contributed by atoms with Gasteiger partial charge >= 0.3 is 0 Å². The van der Waals surface area contributed by atoms with Crippen molar-refractivity contribution in [3.05, 3.63) is 41.6 Å². The number of nitrogens with one attached hydrogen (secondary N) is 1. The van der Waals surface area contributed by atoms with E-state index in [0.29, 0.717) is 54.0 Å². The van der Waals surface area contributed by atoms with Crippen molar-refractivity contribution in [3.8, 4) is 0 Å². The van der Waals surface area contributed by atoms with Gasteiger partial charge in [0.1, 0.15) is 22.8 Å². The maximum Gasteiger partial charge on any atom is 0.210 e. The molecular weight excluding hydrogens is 471 g/mol. The van der Waals surface area contributed by atoms with Crippen molar-refractivity contribution < 1.29 is 23.0 Å². The van der Waals surface area contributed by atoms with Gasteiger partial charge in [0.25, 0.3) is 0 Å². The van der Waals surface area contributed by atoms with E-state index in [1.54, 1.807) is 13.3 Å². The van der Waals surface area contributed by atoms with Crippen LogP contribution in [0.15, 0.2) is 18.3 Å². The Morgan fingerprint density at radius 3 is 2.31 bits per heavy atom. The van der Waals surface area contributed by atoms with Crippen molar-refractivity contribution in [1.82, 2.24) is 19.5 Å². The average Bonchev–Trinajstić information content (AvgIpc) is 3.21. The molecule has 0 radical (unpaired) electrons. The predicted molar refractivity (Wildman–Crippen MR) is 129 cm³/mol. The number of aliphatic hydroxyl groups is 1. The van der Waals surface area contributed by atoms with Crippen molar-refractivity contribution in [2.45, 2.75) is 69.9 Å². The van der Waals surface area contributed by atoms with Crippen molar-refractivity contribution in [3.63, 3.8) is 0 Å². The van der Waals surface area contributed by atoms with Gasteiger partial charge in [-0.2, -0.15) is 0 Å². The van der Waals surface area contributed by atoms with Gasteiger partial charge in [-0.25, -0.2) is 28.1 Å². The van der Waals surface area contributed by atoms with Crippen molar-refractivity contribution in [1.29, 1.82) is 0 Å². The minimum atomic E-state index is -1.03. The molecule has 2 N–H and O–H groups in total. The first-order valence-electron chi connectivity index (χ1n) is 12.7. The summed E-state index contributed by atoms with van der Waals surface area (Å²) in [6.45, 7) is 0.705. The summed E-state index contributed by atoms with van der Waals surface area (Å²) in [5, 5.41) is 12.6. The Balaban J connectivity index is 1.49. The lowest BCUT2D eigenvalue weighted by Gasteiger charge is -2.30. The quantitative estimate of drug-likeness (QED) is 0.446. The van der Waals surface area contributed by atoms with Crippen LogP contribution in [0.4, 0.5) is 24.8 Å². The van der Waals surface area contributed by atoms with E-state index in [0.717, 1.165) is 51.4 Å². The highest BCUT2D eigenvalue weighted by Gasteiger charge is 2.28. The Kier molecular flexibility index (Phi) is 7.43. The molecular formula is C26H32F3N5O2. The molecule has 5 rings (SSSR count). The van der Waals surface area contributed by atoms with Crippen molar-refractivity contribution in [2.75, 3.05) is 19.0 Å². The monoisotopic (exact) mass is 503 g/mol. The van der Waals surface area contributed by atoms with Gasteiger partial charge in [-0.05, 0) is 63.2 Å². The molecule has 194 valence electrons. The second kappa shape index (κ2) is 10.7. The van der Waals surface area contributed by atoms with E-state index >= 15 is 0 Å². The molecule has 2 aromatic heterocycles. The minimum absolute atomic E-state index is 0.0322. The third-order valence-corrected chi connectivity index (χ3v) is 7.60. The molecule has 2 saturated carbocycles. The second-order valence-corrected chi connectivity index (χ2v) is 10.2. The number of benzene rings is 1. The van der Waals surface area contributed by atoms with Crippen LogP contribution in [0, 0.1) is 29.3 Å². The van der Waals surface area contributed by atoms with Crippen LogP contribution in [0.5, 0.6) is 0 Å². The summed E-state index contributed by atoms with van der Waals surface area (Å²) in [5.41, 5.74) is 0.702. The second-order valence-electron chi connectivity index (χ2n) is 10.2. The van der Waals surface area contributed by atoms with Crippen LogP contribution in [-0.2, 0) is 11.2 Å². The zero-order chi connectivity index (χ0) is 25.2. The molecule has 0 unspecified atom stereocenters. The maximum absolute atomic E-state index is 14.5. The van der Waals surface area contributed by atoms with Crippen LogP contribution in [0.25, 0.3) is 11.2 Å². The minimum Gasteiger partial charge on any atom is -0.393 e. The number of nitrogens with zero attached hydrogens (tertiary/aromatic N) is 4. The van der Waals surface area contributed by atoms with Gasteiger partial charge in [-0.3, -0.25) is 4.57 Å². The van der Waals surface area contributed by atoms with Gasteiger partial charge in [0, 0.05) is 38.3 Å². The van der Waals surface area contributed by atoms with E-state index in [9.17, 15) is 18.3 Å². The number of fused-ring (bicyclic) bond motifs is 1. The van der Waals surface area contributed by atoms with Crippen LogP contribution in [-0.4, -0.2) is 44.4 Å². The number of imidazole rings is 1. The number of halogens is 3. The van der Waals surface area contributed by atoms with Gasteiger partial charge in [0.15, 0.2) is 17.3 Å². The molecule has 2 heterocycles. The first-order valence-corrected chi connectivity index (χ1v) is 12.7. The van der Waals surface area contributed by atoms with Gasteiger partial charge in [0.2, 0.25) is 5.95 Å². The standard InChI is InChI=1S/C26H32F3N5O2/c1-36-14-16-2-6-18(7-3-16)34-25-22(13-30-23(32-25)10-15-4-8-19(35)9-5-15)31-26(34)33-24-20(28)11-17(27)12-21(24)29/h11-13,15-16,18-19,35H,2-10,14H2,1H3,(H,31,33). The van der Waals surface area contributed by atoms with E-state index in [-0.39, 0.29) is 18.1 Å². The van der Waals surface area contributed by atoms with Gasteiger partial charge in [0.05, 0.1) is 12.3 Å². The fraction of sp³-hybridized carbons (Fsp3) is 0.577. The van der Waals surface area contributed by atoms with Gasteiger partial charge in [-0.1, -0.05) is 0 Å². The van der Waals surface area contributed by atoms with Gasteiger partial charge in [-0.15, -0.1) is 0 Å². The van der Waals surface area contributed by atoms with E-state index < -0.39 is 23.1 Å². The molecule has 7 nitrogen and oxygen atoms in total. The summed E-state index contributed by atoms with van der Waals surface area (Å²) in [6.07, 6.45) is 9.20. The summed E-state index contributed by atoms with van der Waals surface area (Å²) in [6, 6.07) is 1.32. The van der Waals surface area contributed by atoms with Crippen LogP contribution >= 0.6 is 0 Å². The number of hydrogen-bond acceptors (Lipinski definition) is 6. The molecule has 3 aromatic rings. The largest absolute Gasteiger partial charge is 0.393 e. The lowest BCUT2D eigenvalue weighted by Crippen LogP contribution is -2.22. The predicted octanol–water partition coefficient (Wildman–Crippen LogP) is 5.46.